The van der Waals surface area contributed by atoms with Gasteiger partial charge in [0, 0.05) is 10.7 Å². The standard InChI is InChI=1S/C20H17ClN4O4/c1-29-14-8-2-11(3-9-14)15-10-16(24-23-15)17-18(26)22-20(28)25(19(17)27)13-6-4-12(21)5-7-13/h2-10,15,17,23-24H,1H3,(H,22,26,28)/t15-,17-/m1/s1. The lowest BCUT2D eigenvalue weighted by atomic mass is 9.98. The van der Waals surface area contributed by atoms with Gasteiger partial charge in [-0.05, 0) is 48.0 Å². The van der Waals surface area contributed by atoms with E-state index in [-0.39, 0.29) is 6.04 Å². The predicted molar refractivity (Wildman–Crippen MR) is 106 cm³/mol. The first-order valence-electron chi connectivity index (χ1n) is 8.79. The van der Waals surface area contributed by atoms with Crippen LogP contribution in [0.5, 0.6) is 5.75 Å². The minimum atomic E-state index is -1.18. The summed E-state index contributed by atoms with van der Waals surface area (Å²) in [5, 5.41) is 2.71. The number of imide groups is 2. The van der Waals surface area contributed by atoms with Crippen molar-refractivity contribution < 1.29 is 19.1 Å². The Morgan fingerprint density at radius 2 is 1.69 bits per heavy atom. The Balaban J connectivity index is 1.61. The Hall–Kier alpha value is -3.36. The van der Waals surface area contributed by atoms with Crippen LogP contribution < -0.4 is 25.8 Å². The van der Waals surface area contributed by atoms with Gasteiger partial charge in [-0.25, -0.2) is 15.1 Å². The van der Waals surface area contributed by atoms with Crippen LogP contribution >= 0.6 is 11.6 Å². The minimum Gasteiger partial charge on any atom is -0.497 e. The zero-order chi connectivity index (χ0) is 20.5. The molecule has 2 aromatic carbocycles. The van der Waals surface area contributed by atoms with Gasteiger partial charge in [0.2, 0.25) is 5.91 Å². The Labute approximate surface area is 171 Å². The summed E-state index contributed by atoms with van der Waals surface area (Å²) >= 11 is 5.88. The lowest BCUT2D eigenvalue weighted by molar-refractivity contribution is -0.132. The van der Waals surface area contributed by atoms with Crippen LogP contribution in [0.2, 0.25) is 5.02 Å². The molecule has 4 rings (SSSR count). The van der Waals surface area contributed by atoms with E-state index in [0.717, 1.165) is 16.2 Å². The molecule has 1 fully saturated rings. The summed E-state index contributed by atoms with van der Waals surface area (Å²) in [6.45, 7) is 0. The number of carbonyl (C=O) groups is 3. The average molecular weight is 413 g/mol. The zero-order valence-electron chi connectivity index (χ0n) is 15.3. The second-order valence-electron chi connectivity index (χ2n) is 6.52. The Bertz CT molecular complexity index is 1000. The number of nitrogens with zero attached hydrogens (tertiary/aromatic N) is 1. The summed E-state index contributed by atoms with van der Waals surface area (Å²) < 4.78 is 5.15. The van der Waals surface area contributed by atoms with Crippen molar-refractivity contribution in [2.45, 2.75) is 6.04 Å². The fourth-order valence-electron chi connectivity index (χ4n) is 3.27. The highest BCUT2D eigenvalue weighted by Crippen LogP contribution is 2.29. The first-order chi connectivity index (χ1) is 14.0. The summed E-state index contributed by atoms with van der Waals surface area (Å²) in [5.74, 6) is -1.78. The molecule has 8 nitrogen and oxygen atoms in total. The molecule has 0 bridgehead atoms. The molecule has 0 aliphatic carbocycles. The van der Waals surface area contributed by atoms with E-state index in [1.807, 2.05) is 24.3 Å². The molecule has 0 radical (unpaired) electrons. The van der Waals surface area contributed by atoms with E-state index in [1.165, 1.54) is 0 Å². The van der Waals surface area contributed by atoms with Gasteiger partial charge in [0.1, 0.15) is 5.75 Å². The van der Waals surface area contributed by atoms with Crippen LogP contribution in [0.25, 0.3) is 0 Å². The number of barbiturate groups is 1. The topological polar surface area (TPSA) is 99.8 Å². The molecule has 0 unspecified atom stereocenters. The number of carbonyl (C=O) groups excluding carboxylic acids is 3. The average Bonchev–Trinajstić information content (AvgIpc) is 3.19. The lowest BCUT2D eigenvalue weighted by Crippen LogP contribution is -2.59. The number of nitrogens with one attached hydrogen (secondary N) is 3. The van der Waals surface area contributed by atoms with E-state index in [9.17, 15) is 14.4 Å². The van der Waals surface area contributed by atoms with Crippen LogP contribution in [0.3, 0.4) is 0 Å². The van der Waals surface area contributed by atoms with Crippen LogP contribution in [-0.4, -0.2) is 25.0 Å². The number of amides is 4. The van der Waals surface area contributed by atoms with Gasteiger partial charge < -0.3 is 10.2 Å². The molecule has 4 amide bonds. The Kier molecular flexibility index (Phi) is 4.96. The normalized spacial score (nSPS) is 21.5. The number of urea groups is 1. The maximum absolute atomic E-state index is 13.0. The van der Waals surface area contributed by atoms with Crippen LogP contribution in [0.4, 0.5) is 10.5 Å². The number of halogens is 1. The number of anilines is 1. The van der Waals surface area contributed by atoms with Gasteiger partial charge in [-0.3, -0.25) is 14.9 Å². The van der Waals surface area contributed by atoms with Crippen molar-refractivity contribution in [3.05, 3.63) is 70.9 Å². The molecule has 2 aliphatic heterocycles. The number of rotatable bonds is 4. The molecule has 1 saturated heterocycles. The van der Waals surface area contributed by atoms with Gasteiger partial charge in [-0.15, -0.1) is 0 Å². The smallest absolute Gasteiger partial charge is 0.335 e. The maximum atomic E-state index is 13.0. The quantitative estimate of drug-likeness (QED) is 0.666. The van der Waals surface area contributed by atoms with E-state index in [0.29, 0.717) is 16.4 Å². The molecule has 2 heterocycles. The van der Waals surface area contributed by atoms with Crippen LogP contribution in [0, 0.1) is 5.92 Å². The third-order valence-corrected chi connectivity index (χ3v) is 5.00. The van der Waals surface area contributed by atoms with Gasteiger partial charge in [0.05, 0.1) is 18.8 Å². The monoisotopic (exact) mass is 412 g/mol. The number of hydrogen-bond donors (Lipinski definition) is 3. The molecule has 2 aromatic rings. The predicted octanol–water partition coefficient (Wildman–Crippen LogP) is 2.28. The Morgan fingerprint density at radius 3 is 2.34 bits per heavy atom. The van der Waals surface area contributed by atoms with Gasteiger partial charge in [-0.1, -0.05) is 23.7 Å². The van der Waals surface area contributed by atoms with Crippen LogP contribution in [-0.2, 0) is 9.59 Å². The minimum absolute atomic E-state index is 0.252. The summed E-state index contributed by atoms with van der Waals surface area (Å²) in [6, 6.07) is 12.6. The molecule has 0 saturated carbocycles. The second kappa shape index (κ2) is 7.57. The molecule has 148 valence electrons. The fraction of sp³-hybridized carbons (Fsp3) is 0.150. The van der Waals surface area contributed by atoms with Crippen molar-refractivity contribution in [1.29, 1.82) is 0 Å². The maximum Gasteiger partial charge on any atom is 0.335 e. The van der Waals surface area contributed by atoms with Gasteiger partial charge in [0.25, 0.3) is 5.91 Å². The fourth-order valence-corrected chi connectivity index (χ4v) is 3.39. The Morgan fingerprint density at radius 1 is 1.00 bits per heavy atom. The van der Waals surface area contributed by atoms with Crippen molar-refractivity contribution in [2.75, 3.05) is 12.0 Å². The largest absolute Gasteiger partial charge is 0.497 e. The molecule has 0 spiro atoms. The molecule has 9 heteroatoms. The second-order valence-corrected chi connectivity index (χ2v) is 6.96. The highest BCUT2D eigenvalue weighted by molar-refractivity contribution is 6.31. The summed E-state index contributed by atoms with van der Waals surface area (Å²) in [5.41, 5.74) is 7.56. The van der Waals surface area contributed by atoms with Crippen molar-refractivity contribution in [2.24, 2.45) is 5.92 Å². The SMILES string of the molecule is COc1ccc([C@H]2C=C([C@@H]3C(=O)NC(=O)N(c4ccc(Cl)cc4)C3=O)NN2)cc1. The van der Waals surface area contributed by atoms with Gasteiger partial charge in [0.15, 0.2) is 5.92 Å². The first kappa shape index (κ1) is 19.0. The van der Waals surface area contributed by atoms with Crippen LogP contribution in [0.15, 0.2) is 60.3 Å². The summed E-state index contributed by atoms with van der Waals surface area (Å²) in [6.07, 6.45) is 1.75. The number of ether oxygens (including phenoxy) is 1. The van der Waals surface area contributed by atoms with E-state index >= 15 is 0 Å². The molecular weight excluding hydrogens is 396 g/mol. The van der Waals surface area contributed by atoms with E-state index in [4.69, 9.17) is 16.3 Å². The number of hydrazine groups is 1. The van der Waals surface area contributed by atoms with Gasteiger partial charge >= 0.3 is 6.03 Å². The highest BCUT2D eigenvalue weighted by atomic mass is 35.5. The van der Waals surface area contributed by atoms with E-state index in [1.54, 1.807) is 37.5 Å². The number of methoxy groups -OCH3 is 1. The zero-order valence-corrected chi connectivity index (χ0v) is 16.1. The third kappa shape index (κ3) is 3.55. The molecule has 3 N–H and O–H groups in total. The van der Waals surface area contributed by atoms with Crippen molar-refractivity contribution >= 4 is 35.1 Å². The molecule has 2 aliphatic rings. The lowest BCUT2D eigenvalue weighted by Gasteiger charge is -2.30. The van der Waals surface area contributed by atoms with Crippen molar-refractivity contribution in [3.63, 3.8) is 0 Å². The molecule has 2 atom stereocenters. The third-order valence-electron chi connectivity index (χ3n) is 4.75. The van der Waals surface area contributed by atoms with E-state index < -0.39 is 23.8 Å². The summed E-state index contributed by atoms with van der Waals surface area (Å²) in [4.78, 5) is 38.7. The number of hydrogen-bond acceptors (Lipinski definition) is 6. The van der Waals surface area contributed by atoms with Crippen molar-refractivity contribution in [3.8, 4) is 5.75 Å². The van der Waals surface area contributed by atoms with Gasteiger partial charge in [-0.2, -0.15) is 0 Å². The van der Waals surface area contributed by atoms with Crippen LogP contribution in [0.1, 0.15) is 11.6 Å². The van der Waals surface area contributed by atoms with E-state index in [2.05, 4.69) is 16.2 Å². The first-order valence-corrected chi connectivity index (χ1v) is 9.17. The molecule has 0 aromatic heterocycles. The van der Waals surface area contributed by atoms with Crippen molar-refractivity contribution in [1.82, 2.24) is 16.2 Å². The molecular formula is C20H17ClN4O4. The highest BCUT2D eigenvalue weighted by Gasteiger charge is 2.44. The number of benzene rings is 2. The molecule has 29 heavy (non-hydrogen) atoms. The summed E-state index contributed by atoms with van der Waals surface area (Å²) in [7, 11) is 1.59.